The molecule has 0 saturated heterocycles. The van der Waals surface area contributed by atoms with Crippen LogP contribution in [0.15, 0.2) is 12.3 Å². The standard InChI is InChI=1S/C8H8F3N3/c9-8(10,11)5-3-6-7(14-4-5)13-2-1-12-6/h3-4,12H,1-2H2,(H,13,14). The number of anilines is 2. The molecular weight excluding hydrogens is 195 g/mol. The summed E-state index contributed by atoms with van der Waals surface area (Å²) in [7, 11) is 0. The molecular formula is C8H8F3N3. The fourth-order valence-electron chi connectivity index (χ4n) is 1.27. The molecule has 1 aromatic rings. The summed E-state index contributed by atoms with van der Waals surface area (Å²) in [5, 5.41) is 5.75. The van der Waals surface area contributed by atoms with Gasteiger partial charge in [-0.25, -0.2) is 4.98 Å². The Morgan fingerprint density at radius 3 is 2.64 bits per heavy atom. The average Bonchev–Trinajstić information content (AvgIpc) is 2.16. The molecule has 1 aliphatic heterocycles. The predicted octanol–water partition coefficient (Wildman–Crippen LogP) is 1.94. The summed E-state index contributed by atoms with van der Waals surface area (Å²) < 4.78 is 36.8. The second kappa shape index (κ2) is 3.04. The normalized spacial score (nSPS) is 15.4. The topological polar surface area (TPSA) is 37.0 Å². The molecule has 0 spiro atoms. The second-order valence-electron chi connectivity index (χ2n) is 2.97. The van der Waals surface area contributed by atoms with Gasteiger partial charge in [0.05, 0.1) is 11.3 Å². The molecule has 0 fully saturated rings. The summed E-state index contributed by atoms with van der Waals surface area (Å²) in [4.78, 5) is 3.69. The van der Waals surface area contributed by atoms with Gasteiger partial charge in [0.25, 0.3) is 0 Å². The number of fused-ring (bicyclic) bond motifs is 1. The third-order valence-electron chi connectivity index (χ3n) is 1.95. The van der Waals surface area contributed by atoms with Crippen molar-refractivity contribution in [3.8, 4) is 0 Å². The second-order valence-corrected chi connectivity index (χ2v) is 2.97. The summed E-state index contributed by atoms with van der Waals surface area (Å²) in [5.41, 5.74) is -0.321. The Labute approximate surface area is 78.3 Å². The zero-order valence-electron chi connectivity index (χ0n) is 7.15. The van der Waals surface area contributed by atoms with Gasteiger partial charge in [-0.1, -0.05) is 0 Å². The van der Waals surface area contributed by atoms with Gasteiger partial charge in [0.2, 0.25) is 0 Å². The maximum atomic E-state index is 12.3. The Morgan fingerprint density at radius 2 is 1.93 bits per heavy atom. The van der Waals surface area contributed by atoms with E-state index in [1.54, 1.807) is 0 Å². The Hall–Kier alpha value is -1.46. The molecule has 6 heteroatoms. The highest BCUT2D eigenvalue weighted by molar-refractivity contribution is 5.67. The number of pyridine rings is 1. The molecule has 2 N–H and O–H groups in total. The van der Waals surface area contributed by atoms with E-state index in [2.05, 4.69) is 15.6 Å². The van der Waals surface area contributed by atoms with Crippen LogP contribution >= 0.6 is 0 Å². The van der Waals surface area contributed by atoms with Crippen LogP contribution in [-0.4, -0.2) is 18.1 Å². The van der Waals surface area contributed by atoms with Crippen molar-refractivity contribution in [3.63, 3.8) is 0 Å². The molecule has 1 aromatic heterocycles. The van der Waals surface area contributed by atoms with E-state index in [-0.39, 0.29) is 0 Å². The smallest absolute Gasteiger partial charge is 0.380 e. The van der Waals surface area contributed by atoms with Gasteiger partial charge in [-0.2, -0.15) is 13.2 Å². The number of hydrogen-bond donors (Lipinski definition) is 2. The van der Waals surface area contributed by atoms with Crippen molar-refractivity contribution in [3.05, 3.63) is 17.8 Å². The van der Waals surface area contributed by atoms with E-state index in [9.17, 15) is 13.2 Å². The minimum absolute atomic E-state index is 0.408. The Balaban J connectivity index is 2.39. The summed E-state index contributed by atoms with van der Waals surface area (Å²) in [6, 6.07) is 1.06. The minimum Gasteiger partial charge on any atom is -0.380 e. The van der Waals surface area contributed by atoms with Crippen LogP contribution in [0.25, 0.3) is 0 Å². The van der Waals surface area contributed by atoms with Crippen molar-refractivity contribution in [2.75, 3.05) is 23.7 Å². The summed E-state index contributed by atoms with van der Waals surface area (Å²) >= 11 is 0. The van der Waals surface area contributed by atoms with Gasteiger partial charge in [-0.3, -0.25) is 0 Å². The lowest BCUT2D eigenvalue weighted by Crippen LogP contribution is -2.22. The van der Waals surface area contributed by atoms with Gasteiger partial charge in [-0.15, -0.1) is 0 Å². The lowest BCUT2D eigenvalue weighted by Gasteiger charge is -2.19. The van der Waals surface area contributed by atoms with Crippen LogP contribution < -0.4 is 10.6 Å². The minimum atomic E-state index is -4.33. The summed E-state index contributed by atoms with van der Waals surface area (Å²) in [6.07, 6.45) is -3.50. The maximum Gasteiger partial charge on any atom is 0.417 e. The number of hydrogen-bond acceptors (Lipinski definition) is 3. The van der Waals surface area contributed by atoms with E-state index >= 15 is 0 Å². The van der Waals surface area contributed by atoms with Gasteiger partial charge in [0.15, 0.2) is 0 Å². The molecule has 2 rings (SSSR count). The van der Waals surface area contributed by atoms with Crippen molar-refractivity contribution in [1.82, 2.24) is 4.98 Å². The number of aromatic nitrogens is 1. The SMILES string of the molecule is FC(F)(F)c1cnc2c(c1)NCCN2. The van der Waals surface area contributed by atoms with Crippen LogP contribution in [0.3, 0.4) is 0 Å². The molecule has 0 atom stereocenters. The maximum absolute atomic E-state index is 12.3. The Morgan fingerprint density at radius 1 is 1.21 bits per heavy atom. The summed E-state index contributed by atoms with van der Waals surface area (Å²) in [6.45, 7) is 1.28. The van der Waals surface area contributed by atoms with E-state index < -0.39 is 11.7 Å². The zero-order chi connectivity index (χ0) is 10.2. The molecule has 0 bridgehead atoms. The van der Waals surface area contributed by atoms with Gasteiger partial charge >= 0.3 is 6.18 Å². The highest BCUT2D eigenvalue weighted by Gasteiger charge is 2.31. The molecule has 1 aliphatic rings. The monoisotopic (exact) mass is 203 g/mol. The highest BCUT2D eigenvalue weighted by Crippen LogP contribution is 2.33. The van der Waals surface area contributed by atoms with E-state index in [0.29, 0.717) is 24.6 Å². The predicted molar refractivity (Wildman–Crippen MR) is 46.2 cm³/mol. The molecule has 0 aromatic carbocycles. The van der Waals surface area contributed by atoms with Gasteiger partial charge in [0, 0.05) is 19.3 Å². The van der Waals surface area contributed by atoms with Gasteiger partial charge in [-0.05, 0) is 6.07 Å². The molecule has 2 heterocycles. The van der Waals surface area contributed by atoms with E-state index in [0.717, 1.165) is 12.3 Å². The first-order valence-electron chi connectivity index (χ1n) is 4.12. The van der Waals surface area contributed by atoms with Crippen LogP contribution in [0, 0.1) is 0 Å². The quantitative estimate of drug-likeness (QED) is 0.676. The van der Waals surface area contributed by atoms with Crippen LogP contribution in [-0.2, 0) is 6.18 Å². The number of nitrogens with one attached hydrogen (secondary N) is 2. The van der Waals surface area contributed by atoms with Crippen molar-refractivity contribution in [1.29, 1.82) is 0 Å². The number of halogens is 3. The molecule has 0 unspecified atom stereocenters. The number of alkyl halides is 3. The summed E-state index contributed by atoms with van der Waals surface area (Å²) in [5.74, 6) is 0.476. The number of rotatable bonds is 0. The zero-order valence-corrected chi connectivity index (χ0v) is 7.15. The average molecular weight is 203 g/mol. The number of nitrogens with zero attached hydrogens (tertiary/aromatic N) is 1. The van der Waals surface area contributed by atoms with Crippen molar-refractivity contribution < 1.29 is 13.2 Å². The third kappa shape index (κ3) is 1.59. The lowest BCUT2D eigenvalue weighted by molar-refractivity contribution is -0.137. The van der Waals surface area contributed by atoms with Crippen molar-refractivity contribution >= 4 is 11.5 Å². The largest absolute Gasteiger partial charge is 0.417 e. The third-order valence-corrected chi connectivity index (χ3v) is 1.95. The molecule has 0 saturated carbocycles. The van der Waals surface area contributed by atoms with E-state index in [1.165, 1.54) is 0 Å². The first-order chi connectivity index (χ1) is 6.57. The molecule has 3 nitrogen and oxygen atoms in total. The fraction of sp³-hybridized carbons (Fsp3) is 0.375. The van der Waals surface area contributed by atoms with Crippen LogP contribution in [0.1, 0.15) is 5.56 Å². The molecule has 0 amide bonds. The van der Waals surface area contributed by atoms with Crippen LogP contribution in [0.2, 0.25) is 0 Å². The first-order valence-corrected chi connectivity index (χ1v) is 4.12. The van der Waals surface area contributed by atoms with E-state index in [1.807, 2.05) is 0 Å². The van der Waals surface area contributed by atoms with Crippen LogP contribution in [0.5, 0.6) is 0 Å². The molecule has 0 radical (unpaired) electrons. The molecule has 14 heavy (non-hydrogen) atoms. The Bertz CT molecular complexity index is 348. The molecule has 0 aliphatic carbocycles. The lowest BCUT2D eigenvalue weighted by atomic mass is 10.2. The fourth-order valence-corrected chi connectivity index (χ4v) is 1.27. The van der Waals surface area contributed by atoms with Gasteiger partial charge in [0.1, 0.15) is 5.82 Å². The van der Waals surface area contributed by atoms with Crippen LogP contribution in [0.4, 0.5) is 24.7 Å². The van der Waals surface area contributed by atoms with E-state index in [4.69, 9.17) is 0 Å². The van der Waals surface area contributed by atoms with Crippen molar-refractivity contribution in [2.45, 2.75) is 6.18 Å². The Kier molecular flexibility index (Phi) is 1.98. The highest BCUT2D eigenvalue weighted by atomic mass is 19.4. The first kappa shape index (κ1) is 9.11. The van der Waals surface area contributed by atoms with Crippen molar-refractivity contribution in [2.24, 2.45) is 0 Å². The van der Waals surface area contributed by atoms with Gasteiger partial charge < -0.3 is 10.6 Å². The molecule has 76 valence electrons.